The molecule has 124 valence electrons. The Hall–Kier alpha value is -1.99. The molecule has 8 heteroatoms. The number of nitrogens with one attached hydrogen (secondary N) is 2. The Labute approximate surface area is 135 Å². The van der Waals surface area contributed by atoms with Crippen LogP contribution < -0.4 is 10.6 Å². The third kappa shape index (κ3) is 5.30. The zero-order valence-corrected chi connectivity index (χ0v) is 12.7. The van der Waals surface area contributed by atoms with Crippen LogP contribution in [0.3, 0.4) is 0 Å². The highest BCUT2D eigenvalue weighted by Gasteiger charge is 2.31. The molecule has 0 unspecified atom stereocenters. The summed E-state index contributed by atoms with van der Waals surface area (Å²) in [7, 11) is 0. The first-order chi connectivity index (χ1) is 10.9. The molecule has 2 N–H and O–H groups in total. The molecule has 0 radical (unpaired) electrons. The van der Waals surface area contributed by atoms with Gasteiger partial charge in [0.2, 0.25) is 5.91 Å². The standard InChI is InChI=1S/C15H14ClF3N2O2/c16-12-4-3-10(15(17,18)19)8-13(12)21-14(22)5-6-20-9-11-2-1-7-23-11/h1-4,7-8,20H,5-6,9H2,(H,21,22). The second-order valence-corrected chi connectivity index (χ2v) is 5.15. The van der Waals surface area contributed by atoms with Gasteiger partial charge in [0.25, 0.3) is 0 Å². The monoisotopic (exact) mass is 346 g/mol. The van der Waals surface area contributed by atoms with E-state index in [0.717, 1.165) is 24.0 Å². The molecule has 1 heterocycles. The van der Waals surface area contributed by atoms with Crippen LogP contribution in [0.15, 0.2) is 41.0 Å². The Morgan fingerprint density at radius 1 is 1.26 bits per heavy atom. The summed E-state index contributed by atoms with van der Waals surface area (Å²) in [6.07, 6.45) is -2.86. The number of halogens is 4. The molecule has 0 fully saturated rings. The van der Waals surface area contributed by atoms with E-state index in [1.807, 2.05) is 0 Å². The number of furan rings is 1. The Morgan fingerprint density at radius 3 is 2.70 bits per heavy atom. The lowest BCUT2D eigenvalue weighted by Gasteiger charge is -2.11. The summed E-state index contributed by atoms with van der Waals surface area (Å²) in [5, 5.41) is 5.42. The van der Waals surface area contributed by atoms with Gasteiger partial charge in [0.05, 0.1) is 29.1 Å². The fraction of sp³-hybridized carbons (Fsp3) is 0.267. The van der Waals surface area contributed by atoms with Crippen molar-refractivity contribution in [1.29, 1.82) is 0 Å². The molecular weight excluding hydrogens is 333 g/mol. The van der Waals surface area contributed by atoms with Gasteiger partial charge in [0.15, 0.2) is 0 Å². The van der Waals surface area contributed by atoms with E-state index in [2.05, 4.69) is 10.6 Å². The molecule has 1 aromatic heterocycles. The molecule has 2 aromatic rings. The van der Waals surface area contributed by atoms with Gasteiger partial charge in [-0.05, 0) is 30.3 Å². The number of amides is 1. The highest BCUT2D eigenvalue weighted by atomic mass is 35.5. The zero-order chi connectivity index (χ0) is 16.9. The number of anilines is 1. The minimum Gasteiger partial charge on any atom is -0.468 e. The molecule has 0 aliphatic rings. The molecule has 0 aliphatic carbocycles. The number of benzene rings is 1. The van der Waals surface area contributed by atoms with Gasteiger partial charge in [-0.25, -0.2) is 0 Å². The van der Waals surface area contributed by atoms with Gasteiger partial charge >= 0.3 is 6.18 Å². The Balaban J connectivity index is 1.85. The van der Waals surface area contributed by atoms with Crippen molar-refractivity contribution >= 4 is 23.2 Å². The van der Waals surface area contributed by atoms with E-state index in [1.54, 1.807) is 18.4 Å². The third-order valence-corrected chi connectivity index (χ3v) is 3.31. The molecule has 23 heavy (non-hydrogen) atoms. The molecule has 4 nitrogen and oxygen atoms in total. The van der Waals surface area contributed by atoms with Crippen LogP contribution in [0.1, 0.15) is 17.7 Å². The predicted octanol–water partition coefficient (Wildman–Crippen LogP) is 4.07. The van der Waals surface area contributed by atoms with E-state index in [4.69, 9.17) is 16.0 Å². The van der Waals surface area contributed by atoms with E-state index in [9.17, 15) is 18.0 Å². The topological polar surface area (TPSA) is 54.3 Å². The van der Waals surface area contributed by atoms with E-state index >= 15 is 0 Å². The van der Waals surface area contributed by atoms with Crippen LogP contribution >= 0.6 is 11.6 Å². The molecule has 0 aliphatic heterocycles. The van der Waals surface area contributed by atoms with E-state index in [1.165, 1.54) is 0 Å². The SMILES string of the molecule is O=C(CCNCc1ccco1)Nc1cc(C(F)(F)F)ccc1Cl. The van der Waals surface area contributed by atoms with Gasteiger partial charge in [-0.1, -0.05) is 11.6 Å². The fourth-order valence-electron chi connectivity index (χ4n) is 1.84. The summed E-state index contributed by atoms with van der Waals surface area (Å²) < 4.78 is 43.0. The van der Waals surface area contributed by atoms with Crippen molar-refractivity contribution < 1.29 is 22.4 Å². The lowest BCUT2D eigenvalue weighted by atomic mass is 10.2. The second kappa shape index (κ2) is 7.52. The first kappa shape index (κ1) is 17.4. The van der Waals surface area contributed by atoms with Gasteiger partial charge < -0.3 is 15.1 Å². The maximum Gasteiger partial charge on any atom is 0.416 e. The van der Waals surface area contributed by atoms with Crippen LogP contribution in [0.25, 0.3) is 0 Å². The molecule has 1 amide bonds. The third-order valence-electron chi connectivity index (χ3n) is 2.98. The van der Waals surface area contributed by atoms with Crippen molar-refractivity contribution in [2.45, 2.75) is 19.1 Å². The second-order valence-electron chi connectivity index (χ2n) is 4.75. The van der Waals surface area contributed by atoms with E-state index < -0.39 is 17.6 Å². The zero-order valence-electron chi connectivity index (χ0n) is 11.9. The van der Waals surface area contributed by atoms with E-state index in [0.29, 0.717) is 13.1 Å². The molecule has 1 aromatic carbocycles. The molecule has 0 atom stereocenters. The Bertz CT molecular complexity index is 657. The fourth-order valence-corrected chi connectivity index (χ4v) is 2.00. The number of rotatable bonds is 6. The quantitative estimate of drug-likeness (QED) is 0.775. The van der Waals surface area contributed by atoms with Crippen molar-refractivity contribution in [3.63, 3.8) is 0 Å². The molecule has 0 spiro atoms. The van der Waals surface area contributed by atoms with Gasteiger partial charge in [0.1, 0.15) is 5.76 Å². The Morgan fingerprint density at radius 2 is 2.04 bits per heavy atom. The van der Waals surface area contributed by atoms with Gasteiger partial charge in [-0.2, -0.15) is 13.2 Å². The highest BCUT2D eigenvalue weighted by molar-refractivity contribution is 6.33. The van der Waals surface area contributed by atoms with Crippen LogP contribution in [0.5, 0.6) is 0 Å². The maximum atomic E-state index is 12.6. The summed E-state index contributed by atoms with van der Waals surface area (Å²) in [4.78, 5) is 11.8. The molecule has 0 bridgehead atoms. The smallest absolute Gasteiger partial charge is 0.416 e. The summed E-state index contributed by atoms with van der Waals surface area (Å²) in [6.45, 7) is 0.813. The van der Waals surface area contributed by atoms with Crippen LogP contribution in [0.4, 0.5) is 18.9 Å². The summed E-state index contributed by atoms with van der Waals surface area (Å²) in [5.74, 6) is 0.296. The normalized spacial score (nSPS) is 11.5. The van der Waals surface area contributed by atoms with Crippen molar-refractivity contribution in [1.82, 2.24) is 5.32 Å². The average molecular weight is 347 g/mol. The summed E-state index contributed by atoms with van der Waals surface area (Å²) in [5.41, 5.74) is -0.925. The molecule has 0 saturated heterocycles. The number of carbonyl (C=O) groups is 1. The maximum absolute atomic E-state index is 12.6. The first-order valence-electron chi connectivity index (χ1n) is 6.76. The van der Waals surface area contributed by atoms with E-state index in [-0.39, 0.29) is 17.1 Å². The van der Waals surface area contributed by atoms with Gasteiger partial charge in [-0.3, -0.25) is 4.79 Å². The number of alkyl halides is 3. The van der Waals surface area contributed by atoms with Crippen LogP contribution in [-0.2, 0) is 17.5 Å². The average Bonchev–Trinajstić information content (AvgIpc) is 2.98. The van der Waals surface area contributed by atoms with Gasteiger partial charge in [-0.15, -0.1) is 0 Å². The van der Waals surface area contributed by atoms with Crippen LogP contribution in [0, 0.1) is 0 Å². The summed E-state index contributed by atoms with van der Waals surface area (Å²) in [6, 6.07) is 6.32. The number of hydrogen-bond donors (Lipinski definition) is 2. The number of hydrogen-bond acceptors (Lipinski definition) is 3. The first-order valence-corrected chi connectivity index (χ1v) is 7.14. The summed E-state index contributed by atoms with van der Waals surface area (Å²) >= 11 is 5.81. The predicted molar refractivity (Wildman–Crippen MR) is 80.1 cm³/mol. The van der Waals surface area contributed by atoms with Crippen molar-refractivity contribution in [3.8, 4) is 0 Å². The van der Waals surface area contributed by atoms with Crippen LogP contribution in [0.2, 0.25) is 5.02 Å². The minimum absolute atomic E-state index is 0.0508. The number of carbonyl (C=O) groups excluding carboxylic acids is 1. The van der Waals surface area contributed by atoms with Crippen molar-refractivity contribution in [3.05, 3.63) is 52.9 Å². The lowest BCUT2D eigenvalue weighted by Crippen LogP contribution is -2.21. The molecule has 0 saturated carbocycles. The Kier molecular flexibility index (Phi) is 5.68. The van der Waals surface area contributed by atoms with Crippen molar-refractivity contribution in [2.24, 2.45) is 0 Å². The molecular formula is C15H14ClF3N2O2. The van der Waals surface area contributed by atoms with Gasteiger partial charge in [0, 0.05) is 13.0 Å². The van der Waals surface area contributed by atoms with Crippen LogP contribution in [-0.4, -0.2) is 12.5 Å². The lowest BCUT2D eigenvalue weighted by molar-refractivity contribution is -0.137. The van der Waals surface area contributed by atoms with Crippen molar-refractivity contribution in [2.75, 3.05) is 11.9 Å². The highest BCUT2D eigenvalue weighted by Crippen LogP contribution is 2.33. The minimum atomic E-state index is -4.49. The largest absolute Gasteiger partial charge is 0.468 e. The molecule has 2 rings (SSSR count).